The van der Waals surface area contributed by atoms with E-state index in [0.29, 0.717) is 29.6 Å². The maximum atomic E-state index is 12.5. The number of fused-ring (bicyclic) bond motifs is 1. The van der Waals surface area contributed by atoms with Gasteiger partial charge < -0.3 is 22.9 Å². The summed E-state index contributed by atoms with van der Waals surface area (Å²) in [6.07, 6.45) is 2.87. The Morgan fingerprint density at radius 1 is 1.11 bits per heavy atom. The van der Waals surface area contributed by atoms with Crippen molar-refractivity contribution in [1.82, 2.24) is 14.5 Å². The van der Waals surface area contributed by atoms with Gasteiger partial charge >= 0.3 is 5.97 Å². The number of hydrogen-bond donors (Lipinski definition) is 0. The summed E-state index contributed by atoms with van der Waals surface area (Å²) >= 11 is 6.37. The quantitative estimate of drug-likeness (QED) is 0.217. The summed E-state index contributed by atoms with van der Waals surface area (Å²) < 4.78 is 26.9. The van der Waals surface area contributed by atoms with Gasteiger partial charge in [0.25, 0.3) is 0 Å². The van der Waals surface area contributed by atoms with Gasteiger partial charge in [0.15, 0.2) is 16.6 Å². The lowest BCUT2D eigenvalue weighted by molar-refractivity contribution is -0.0382. The molecule has 36 heavy (non-hydrogen) atoms. The number of carbonyl (C=O) groups is 1. The van der Waals surface area contributed by atoms with Crippen molar-refractivity contribution in [1.29, 1.82) is 0 Å². The fourth-order valence-corrected chi connectivity index (χ4v) is 6.34. The summed E-state index contributed by atoms with van der Waals surface area (Å²) in [5, 5.41) is 0.788. The molecule has 1 fully saturated rings. The number of rotatable bonds is 7. The summed E-state index contributed by atoms with van der Waals surface area (Å²) in [5.74, 6) is -0.500. The molecule has 3 rings (SSSR count). The Hall–Kier alpha value is -1.31. The first-order chi connectivity index (χ1) is 16.4. The molecular formula is C25H42ClN3O5Si2. The van der Waals surface area contributed by atoms with Crippen molar-refractivity contribution < 1.29 is 23.1 Å². The molecular weight excluding hydrogens is 514 g/mol. The molecule has 0 bridgehead atoms. The van der Waals surface area contributed by atoms with E-state index in [1.165, 1.54) is 13.4 Å². The third-order valence-corrected chi connectivity index (χ3v) is 17.4. The average molecular weight is 556 g/mol. The minimum Gasteiger partial charge on any atom is -0.465 e. The van der Waals surface area contributed by atoms with E-state index < -0.39 is 28.8 Å². The number of ether oxygens (including phenoxy) is 2. The molecule has 2 aromatic heterocycles. The molecule has 0 aromatic carbocycles. The Kier molecular flexibility index (Phi) is 8.21. The lowest BCUT2D eigenvalue weighted by Crippen LogP contribution is -2.48. The van der Waals surface area contributed by atoms with Crippen LogP contribution in [-0.2, 0) is 18.3 Å². The molecule has 1 aliphatic rings. The molecule has 0 amide bonds. The smallest absolute Gasteiger partial charge is 0.340 e. The van der Waals surface area contributed by atoms with E-state index in [1.807, 2.05) is 4.57 Å². The number of esters is 1. The first-order valence-corrected chi connectivity index (χ1v) is 18.7. The van der Waals surface area contributed by atoms with Crippen molar-refractivity contribution in [2.75, 3.05) is 13.7 Å². The Morgan fingerprint density at radius 2 is 1.72 bits per heavy atom. The topological polar surface area (TPSA) is 84.7 Å². The van der Waals surface area contributed by atoms with Crippen molar-refractivity contribution in [3.63, 3.8) is 0 Å². The van der Waals surface area contributed by atoms with E-state index in [1.54, 1.807) is 6.20 Å². The first kappa shape index (κ1) is 29.3. The van der Waals surface area contributed by atoms with Crippen molar-refractivity contribution in [3.8, 4) is 0 Å². The van der Waals surface area contributed by atoms with E-state index in [-0.39, 0.29) is 27.4 Å². The van der Waals surface area contributed by atoms with Gasteiger partial charge in [0.2, 0.25) is 0 Å². The third-order valence-electron chi connectivity index (χ3n) is 8.13. The Morgan fingerprint density at radius 3 is 2.28 bits per heavy atom. The zero-order valence-electron chi connectivity index (χ0n) is 23.6. The van der Waals surface area contributed by atoms with Crippen LogP contribution in [0.2, 0.25) is 41.4 Å². The average Bonchev–Trinajstić information content (AvgIpc) is 3.32. The molecule has 0 N–H and O–H groups in total. The van der Waals surface area contributed by atoms with Gasteiger partial charge in [0.1, 0.15) is 29.5 Å². The van der Waals surface area contributed by atoms with Gasteiger partial charge in [-0.15, -0.1) is 0 Å². The van der Waals surface area contributed by atoms with Gasteiger partial charge in [-0.1, -0.05) is 53.1 Å². The summed E-state index contributed by atoms with van der Waals surface area (Å²) in [6.45, 7) is 22.8. The number of aromatic nitrogens is 3. The summed E-state index contributed by atoms with van der Waals surface area (Å²) in [6, 6.07) is 0. The highest BCUT2D eigenvalue weighted by Crippen LogP contribution is 2.43. The fraction of sp³-hybridized carbons (Fsp3) is 0.720. The minimum absolute atomic E-state index is 0.0505. The first-order valence-electron chi connectivity index (χ1n) is 12.5. The molecule has 0 radical (unpaired) electrons. The number of nitrogens with zero attached hydrogens (tertiary/aromatic N) is 3. The highest BCUT2D eigenvalue weighted by Gasteiger charge is 2.47. The largest absolute Gasteiger partial charge is 0.465 e. The van der Waals surface area contributed by atoms with E-state index >= 15 is 0 Å². The van der Waals surface area contributed by atoms with Crippen molar-refractivity contribution in [2.45, 2.75) is 103 Å². The standard InChI is InChI=1S/C25H42ClN3O5Si2/c1-24(2,3)35(8,9)32-14-18-17(34-36(10,11)25(4,5)6)12-19(33-18)29-13-16(23(30)31-7)20-21(26)27-15-28-22(20)29/h13,15,17-19H,12,14H2,1-11H3/t17-,18-,19-/m1/s1. The molecule has 3 heterocycles. The van der Waals surface area contributed by atoms with E-state index in [9.17, 15) is 4.79 Å². The number of methoxy groups -OCH3 is 1. The van der Waals surface area contributed by atoms with Crippen LogP contribution in [0, 0.1) is 0 Å². The molecule has 1 aliphatic heterocycles. The van der Waals surface area contributed by atoms with Crippen LogP contribution < -0.4 is 0 Å². The molecule has 3 atom stereocenters. The normalized spacial score (nSPS) is 21.8. The SMILES string of the molecule is COC(=O)c1cn([C@H]2C[C@@H](O[Si](C)(C)C(C)(C)C)[C@@H](CO[Si](C)(C)C(C)(C)C)O2)c2ncnc(Cl)c12. The van der Waals surface area contributed by atoms with Crippen LogP contribution in [0.15, 0.2) is 12.5 Å². The van der Waals surface area contributed by atoms with Crippen molar-refractivity contribution in [3.05, 3.63) is 23.2 Å². The maximum absolute atomic E-state index is 12.5. The van der Waals surface area contributed by atoms with Gasteiger partial charge in [-0.2, -0.15) is 0 Å². The van der Waals surface area contributed by atoms with Gasteiger partial charge in [0.05, 0.1) is 30.8 Å². The minimum atomic E-state index is -2.09. The van der Waals surface area contributed by atoms with Crippen LogP contribution in [0.25, 0.3) is 11.0 Å². The molecule has 8 nitrogen and oxygen atoms in total. The molecule has 2 aromatic rings. The maximum Gasteiger partial charge on any atom is 0.340 e. The third kappa shape index (κ3) is 5.73. The molecule has 0 aliphatic carbocycles. The van der Waals surface area contributed by atoms with Crippen LogP contribution in [0.1, 0.15) is 64.5 Å². The zero-order valence-corrected chi connectivity index (χ0v) is 26.3. The van der Waals surface area contributed by atoms with Crippen LogP contribution in [-0.4, -0.2) is 63.1 Å². The van der Waals surface area contributed by atoms with Crippen LogP contribution in [0.3, 0.4) is 0 Å². The van der Waals surface area contributed by atoms with Gasteiger partial charge in [-0.3, -0.25) is 0 Å². The summed E-state index contributed by atoms with van der Waals surface area (Å²) in [4.78, 5) is 21.0. The van der Waals surface area contributed by atoms with Gasteiger partial charge in [-0.25, -0.2) is 14.8 Å². The number of halogens is 1. The van der Waals surface area contributed by atoms with Crippen molar-refractivity contribution in [2.24, 2.45) is 0 Å². The molecule has 0 unspecified atom stereocenters. The van der Waals surface area contributed by atoms with E-state index in [2.05, 4.69) is 77.7 Å². The second kappa shape index (κ2) is 10.1. The van der Waals surface area contributed by atoms with Gasteiger partial charge in [-0.05, 0) is 36.3 Å². The van der Waals surface area contributed by atoms with E-state index in [4.69, 9.17) is 29.9 Å². The second-order valence-corrected chi connectivity index (χ2v) is 22.6. The van der Waals surface area contributed by atoms with Gasteiger partial charge in [0, 0.05) is 12.6 Å². The number of hydrogen-bond acceptors (Lipinski definition) is 7. The van der Waals surface area contributed by atoms with Crippen LogP contribution in [0.4, 0.5) is 0 Å². The zero-order chi connectivity index (χ0) is 27.3. The highest BCUT2D eigenvalue weighted by atomic mass is 35.5. The Bertz CT molecular complexity index is 1110. The molecule has 202 valence electrons. The second-order valence-electron chi connectivity index (χ2n) is 12.7. The predicted molar refractivity (Wildman–Crippen MR) is 148 cm³/mol. The molecule has 0 spiro atoms. The lowest BCUT2D eigenvalue weighted by atomic mass is 10.2. The summed E-state index contributed by atoms with van der Waals surface area (Å²) in [7, 11) is -2.75. The lowest BCUT2D eigenvalue weighted by Gasteiger charge is -2.40. The summed E-state index contributed by atoms with van der Waals surface area (Å²) in [5.41, 5.74) is 0.835. The van der Waals surface area contributed by atoms with Crippen LogP contribution >= 0.6 is 11.6 Å². The number of carbonyl (C=O) groups excluding carboxylic acids is 1. The Balaban J connectivity index is 1.98. The molecule has 1 saturated heterocycles. The molecule has 11 heteroatoms. The van der Waals surface area contributed by atoms with Crippen molar-refractivity contribution >= 4 is 45.2 Å². The monoisotopic (exact) mass is 555 g/mol. The van der Waals surface area contributed by atoms with Crippen LogP contribution in [0.5, 0.6) is 0 Å². The fourth-order valence-electron chi connectivity index (χ4n) is 3.74. The molecule has 0 saturated carbocycles. The Labute approximate surface area is 222 Å². The van der Waals surface area contributed by atoms with E-state index in [0.717, 1.165) is 0 Å². The predicted octanol–water partition coefficient (Wildman–Crippen LogP) is 6.57. The highest BCUT2D eigenvalue weighted by molar-refractivity contribution is 6.74.